The lowest BCUT2D eigenvalue weighted by Gasteiger charge is -2.30. The van der Waals surface area contributed by atoms with Crippen molar-refractivity contribution in [2.45, 2.75) is 25.5 Å². The molecule has 1 fully saturated rings. The number of piperidine rings is 1. The number of rotatable bonds is 5. The molecule has 0 bridgehead atoms. The minimum atomic E-state index is -4.47. The molecule has 0 aromatic heterocycles. The maximum atomic E-state index is 12.5. The first-order valence-electron chi connectivity index (χ1n) is 7.70. The summed E-state index contributed by atoms with van der Waals surface area (Å²) in [7, 11) is -4.47. The van der Waals surface area contributed by atoms with Crippen molar-refractivity contribution in [1.29, 1.82) is 0 Å². The Morgan fingerprint density at radius 1 is 1.42 bits per heavy atom. The van der Waals surface area contributed by atoms with Crippen molar-refractivity contribution < 1.29 is 17.2 Å². The van der Waals surface area contributed by atoms with E-state index in [4.69, 9.17) is 5.73 Å². The molecule has 0 atom stereocenters. The Bertz CT molecular complexity index is 686. The van der Waals surface area contributed by atoms with E-state index in [1.165, 1.54) is 0 Å². The quantitative estimate of drug-likeness (QED) is 0.621. The number of alkyl halides is 2. The molecule has 0 saturated carbocycles. The topological polar surface area (TPSA) is 87.8 Å². The van der Waals surface area contributed by atoms with E-state index < -0.39 is 15.8 Å². The number of hydrogen-bond acceptors (Lipinski definition) is 3. The van der Waals surface area contributed by atoms with Gasteiger partial charge in [-0.1, -0.05) is 12.1 Å². The van der Waals surface area contributed by atoms with Gasteiger partial charge in [-0.25, -0.2) is 8.42 Å². The van der Waals surface area contributed by atoms with Gasteiger partial charge >= 0.3 is 5.76 Å². The molecule has 0 radical (unpaired) electrons. The fraction of sp³-hybridized carbons (Fsp3) is 0.533. The van der Waals surface area contributed by atoms with Crippen LogP contribution in [-0.2, 0) is 10.0 Å². The zero-order valence-corrected chi connectivity index (χ0v) is 14.3. The number of hydrogen-bond donors (Lipinski definition) is 2. The number of nitrogens with one attached hydrogen (secondary N) is 1. The lowest BCUT2D eigenvalue weighted by atomic mass is 9.98. The Morgan fingerprint density at radius 2 is 2.08 bits per heavy atom. The van der Waals surface area contributed by atoms with Crippen LogP contribution in [0.5, 0.6) is 0 Å². The predicted octanol–water partition coefficient (Wildman–Crippen LogP) is 1.99. The standard InChI is InChI=1S/C15H22F2N4O2S/c1-11-3-2-4-13(9-11)20-15(18)19-10-12-5-7-21(8-6-12)24(22,23)14(16)17/h2-4,9,12,14H,5-8,10H2,1H3,(H3,18,19,20). The first-order valence-corrected chi connectivity index (χ1v) is 9.20. The number of benzene rings is 1. The third kappa shape index (κ3) is 4.88. The molecule has 134 valence electrons. The molecule has 0 aliphatic carbocycles. The van der Waals surface area contributed by atoms with Crippen LogP contribution < -0.4 is 11.1 Å². The molecule has 24 heavy (non-hydrogen) atoms. The van der Waals surface area contributed by atoms with E-state index in [9.17, 15) is 17.2 Å². The van der Waals surface area contributed by atoms with Crippen molar-refractivity contribution in [1.82, 2.24) is 4.31 Å². The summed E-state index contributed by atoms with van der Waals surface area (Å²) < 4.78 is 48.7. The van der Waals surface area contributed by atoms with Gasteiger partial charge in [0.15, 0.2) is 5.96 Å². The van der Waals surface area contributed by atoms with Crippen molar-refractivity contribution in [2.24, 2.45) is 16.6 Å². The highest BCUT2D eigenvalue weighted by Gasteiger charge is 2.34. The molecule has 2 rings (SSSR count). The number of nitrogens with zero attached hydrogens (tertiary/aromatic N) is 2. The molecule has 1 heterocycles. The Labute approximate surface area is 140 Å². The molecule has 1 saturated heterocycles. The van der Waals surface area contributed by atoms with Gasteiger partial charge in [0.2, 0.25) is 0 Å². The van der Waals surface area contributed by atoms with E-state index in [-0.39, 0.29) is 25.0 Å². The van der Waals surface area contributed by atoms with Gasteiger partial charge in [0.05, 0.1) is 0 Å². The van der Waals surface area contributed by atoms with Crippen molar-refractivity contribution in [2.75, 3.05) is 25.0 Å². The maximum absolute atomic E-state index is 12.5. The lowest BCUT2D eigenvalue weighted by molar-refractivity contribution is 0.205. The van der Waals surface area contributed by atoms with Gasteiger partial charge < -0.3 is 11.1 Å². The number of sulfonamides is 1. The molecule has 1 aliphatic heterocycles. The molecule has 9 heteroatoms. The van der Waals surface area contributed by atoms with Crippen LogP contribution in [0.4, 0.5) is 14.5 Å². The van der Waals surface area contributed by atoms with E-state index >= 15 is 0 Å². The molecule has 6 nitrogen and oxygen atoms in total. The Kier molecular flexibility index (Phi) is 6.11. The second-order valence-corrected chi connectivity index (χ2v) is 7.77. The number of aliphatic imine (C=N–C) groups is 1. The Morgan fingerprint density at radius 3 is 2.67 bits per heavy atom. The van der Waals surface area contributed by atoms with Crippen LogP contribution in [0.3, 0.4) is 0 Å². The van der Waals surface area contributed by atoms with Gasteiger partial charge in [0.1, 0.15) is 0 Å². The van der Waals surface area contributed by atoms with Crippen molar-refractivity contribution >= 4 is 21.7 Å². The highest BCUT2D eigenvalue weighted by molar-refractivity contribution is 7.89. The molecule has 0 amide bonds. The first-order chi connectivity index (χ1) is 11.3. The summed E-state index contributed by atoms with van der Waals surface area (Å²) in [4.78, 5) is 4.26. The van der Waals surface area contributed by atoms with Crippen LogP contribution in [0, 0.1) is 12.8 Å². The highest BCUT2D eigenvalue weighted by Crippen LogP contribution is 2.22. The molecule has 1 aromatic carbocycles. The summed E-state index contributed by atoms with van der Waals surface area (Å²) in [5, 5.41) is 2.99. The van der Waals surface area contributed by atoms with Gasteiger partial charge in [-0.05, 0) is 43.4 Å². The third-order valence-electron chi connectivity index (χ3n) is 3.97. The minimum Gasteiger partial charge on any atom is -0.370 e. The number of aryl methyl sites for hydroxylation is 1. The minimum absolute atomic E-state index is 0.0953. The first kappa shape index (κ1) is 18.6. The average molecular weight is 360 g/mol. The van der Waals surface area contributed by atoms with Gasteiger partial charge in [-0.3, -0.25) is 4.99 Å². The predicted molar refractivity (Wildman–Crippen MR) is 90.5 cm³/mol. The van der Waals surface area contributed by atoms with Gasteiger partial charge in [0, 0.05) is 25.3 Å². The Hall–Kier alpha value is -1.74. The van der Waals surface area contributed by atoms with Crippen molar-refractivity contribution in [3.05, 3.63) is 29.8 Å². The maximum Gasteiger partial charge on any atom is 0.350 e. The van der Waals surface area contributed by atoms with E-state index in [0.717, 1.165) is 15.6 Å². The van der Waals surface area contributed by atoms with Crippen molar-refractivity contribution in [3.8, 4) is 0 Å². The van der Waals surface area contributed by atoms with Gasteiger partial charge in [0.25, 0.3) is 10.0 Å². The molecule has 1 aromatic rings. The normalized spacial score (nSPS) is 18.1. The molecular weight excluding hydrogens is 338 g/mol. The summed E-state index contributed by atoms with van der Waals surface area (Å²) in [6, 6.07) is 7.70. The number of halogens is 2. The largest absolute Gasteiger partial charge is 0.370 e. The summed E-state index contributed by atoms with van der Waals surface area (Å²) in [5.41, 5.74) is 7.78. The fourth-order valence-electron chi connectivity index (χ4n) is 2.60. The molecule has 1 aliphatic rings. The van der Waals surface area contributed by atoms with Crippen LogP contribution in [-0.4, -0.2) is 44.1 Å². The van der Waals surface area contributed by atoms with E-state index in [2.05, 4.69) is 10.3 Å². The van der Waals surface area contributed by atoms with Crippen LogP contribution in [0.1, 0.15) is 18.4 Å². The summed E-state index contributed by atoms with van der Waals surface area (Å²) in [5.74, 6) is -2.95. The van der Waals surface area contributed by atoms with E-state index in [0.29, 0.717) is 19.4 Å². The zero-order valence-electron chi connectivity index (χ0n) is 13.5. The summed E-state index contributed by atoms with van der Waals surface area (Å²) >= 11 is 0. The second kappa shape index (κ2) is 7.89. The number of guanidine groups is 1. The summed E-state index contributed by atoms with van der Waals surface area (Å²) in [6.45, 7) is 2.60. The molecule has 0 unspecified atom stereocenters. The SMILES string of the molecule is Cc1cccc(NC(N)=NCC2CCN(S(=O)(=O)C(F)F)CC2)c1. The van der Waals surface area contributed by atoms with Gasteiger partial charge in [-0.2, -0.15) is 13.1 Å². The number of nitrogens with two attached hydrogens (primary N) is 1. The Balaban J connectivity index is 1.83. The molecular formula is C15H22F2N4O2S. The second-order valence-electron chi connectivity index (χ2n) is 5.87. The molecule has 3 N–H and O–H groups in total. The van der Waals surface area contributed by atoms with E-state index in [1.54, 1.807) is 0 Å². The van der Waals surface area contributed by atoms with Crippen LogP contribution in [0.2, 0.25) is 0 Å². The molecule has 0 spiro atoms. The lowest BCUT2D eigenvalue weighted by Crippen LogP contribution is -2.41. The third-order valence-corrected chi connectivity index (χ3v) is 5.50. The van der Waals surface area contributed by atoms with Crippen LogP contribution >= 0.6 is 0 Å². The van der Waals surface area contributed by atoms with Crippen molar-refractivity contribution in [3.63, 3.8) is 0 Å². The monoisotopic (exact) mass is 360 g/mol. The van der Waals surface area contributed by atoms with Crippen LogP contribution in [0.25, 0.3) is 0 Å². The van der Waals surface area contributed by atoms with E-state index in [1.807, 2.05) is 31.2 Å². The highest BCUT2D eigenvalue weighted by atomic mass is 32.2. The number of anilines is 1. The summed E-state index contributed by atoms with van der Waals surface area (Å²) in [6.07, 6.45) is 0.986. The van der Waals surface area contributed by atoms with Crippen LogP contribution in [0.15, 0.2) is 29.3 Å². The fourth-order valence-corrected chi connectivity index (χ4v) is 3.54. The average Bonchev–Trinajstić information content (AvgIpc) is 2.53. The van der Waals surface area contributed by atoms with Gasteiger partial charge in [-0.15, -0.1) is 0 Å². The zero-order chi connectivity index (χ0) is 17.7. The smallest absolute Gasteiger partial charge is 0.350 e.